The van der Waals surface area contributed by atoms with Gasteiger partial charge in [0.05, 0.1) is 18.1 Å². The van der Waals surface area contributed by atoms with E-state index < -0.39 is 0 Å². The van der Waals surface area contributed by atoms with Gasteiger partial charge in [-0.1, -0.05) is 11.6 Å². The van der Waals surface area contributed by atoms with E-state index in [0.29, 0.717) is 16.4 Å². The SMILES string of the molecule is Cc1cc(Nc2nc(Cl)cc3cc[nH]c(=O)c23)ccc1N1CCOC(C)C1. The summed E-state index contributed by atoms with van der Waals surface area (Å²) in [5.41, 5.74) is 3.00. The van der Waals surface area contributed by atoms with E-state index in [2.05, 4.69) is 46.2 Å². The van der Waals surface area contributed by atoms with Crippen LogP contribution in [0.3, 0.4) is 0 Å². The molecular weight excluding hydrogens is 364 g/mol. The van der Waals surface area contributed by atoms with Gasteiger partial charge in [-0.15, -0.1) is 0 Å². The van der Waals surface area contributed by atoms with Crippen LogP contribution in [0.2, 0.25) is 5.15 Å². The fourth-order valence-corrected chi connectivity index (χ4v) is 3.74. The molecule has 4 rings (SSSR count). The van der Waals surface area contributed by atoms with E-state index in [1.165, 1.54) is 5.69 Å². The average Bonchev–Trinajstić information content (AvgIpc) is 2.61. The third kappa shape index (κ3) is 3.63. The number of hydrogen-bond acceptors (Lipinski definition) is 5. The summed E-state index contributed by atoms with van der Waals surface area (Å²) < 4.78 is 5.63. The van der Waals surface area contributed by atoms with E-state index in [1.807, 2.05) is 12.1 Å². The van der Waals surface area contributed by atoms with Gasteiger partial charge in [-0.3, -0.25) is 4.79 Å². The lowest BCUT2D eigenvalue weighted by Crippen LogP contribution is -2.41. The lowest BCUT2D eigenvalue weighted by atomic mass is 10.1. The van der Waals surface area contributed by atoms with Crippen LogP contribution in [-0.2, 0) is 4.74 Å². The molecule has 2 aromatic heterocycles. The largest absolute Gasteiger partial charge is 0.375 e. The maximum atomic E-state index is 12.3. The minimum absolute atomic E-state index is 0.199. The third-order valence-electron chi connectivity index (χ3n) is 4.76. The first-order valence-corrected chi connectivity index (χ1v) is 9.31. The number of anilines is 3. The number of nitrogens with one attached hydrogen (secondary N) is 2. The molecule has 2 N–H and O–H groups in total. The highest BCUT2D eigenvalue weighted by molar-refractivity contribution is 6.30. The number of morpholine rings is 1. The molecule has 1 saturated heterocycles. The summed E-state index contributed by atoms with van der Waals surface area (Å²) >= 11 is 6.13. The zero-order valence-electron chi connectivity index (χ0n) is 15.3. The van der Waals surface area contributed by atoms with Gasteiger partial charge < -0.3 is 19.9 Å². The van der Waals surface area contributed by atoms with Gasteiger partial charge in [0.1, 0.15) is 11.0 Å². The van der Waals surface area contributed by atoms with Crippen LogP contribution in [0.4, 0.5) is 17.2 Å². The van der Waals surface area contributed by atoms with Crippen molar-refractivity contribution in [1.82, 2.24) is 9.97 Å². The van der Waals surface area contributed by atoms with E-state index >= 15 is 0 Å². The molecule has 1 fully saturated rings. The van der Waals surface area contributed by atoms with Crippen molar-refractivity contribution in [2.45, 2.75) is 20.0 Å². The monoisotopic (exact) mass is 384 g/mol. The Morgan fingerprint density at radius 2 is 2.19 bits per heavy atom. The van der Waals surface area contributed by atoms with E-state index in [0.717, 1.165) is 36.3 Å². The summed E-state index contributed by atoms with van der Waals surface area (Å²) in [6.07, 6.45) is 1.83. The number of halogens is 1. The van der Waals surface area contributed by atoms with Gasteiger partial charge in [0, 0.05) is 30.7 Å². The average molecular weight is 385 g/mol. The van der Waals surface area contributed by atoms with Crippen molar-refractivity contribution in [3.05, 3.63) is 57.6 Å². The van der Waals surface area contributed by atoms with Crippen molar-refractivity contribution in [3.63, 3.8) is 0 Å². The quantitative estimate of drug-likeness (QED) is 0.671. The van der Waals surface area contributed by atoms with Gasteiger partial charge in [-0.05, 0) is 55.1 Å². The number of nitrogens with zero attached hydrogens (tertiary/aromatic N) is 2. The molecule has 27 heavy (non-hydrogen) atoms. The zero-order valence-corrected chi connectivity index (χ0v) is 16.0. The van der Waals surface area contributed by atoms with E-state index in [-0.39, 0.29) is 11.7 Å². The minimum atomic E-state index is -0.199. The third-order valence-corrected chi connectivity index (χ3v) is 4.96. The number of ether oxygens (including phenoxy) is 1. The Morgan fingerprint density at radius 3 is 2.96 bits per heavy atom. The molecule has 0 amide bonds. The fraction of sp³-hybridized carbons (Fsp3) is 0.300. The molecular formula is C20H21ClN4O2. The number of H-pyrrole nitrogens is 1. The van der Waals surface area contributed by atoms with Gasteiger partial charge >= 0.3 is 0 Å². The standard InChI is InChI=1S/C20H21ClN4O2/c1-12-9-15(3-4-16(12)25-7-8-27-13(2)11-25)23-19-18-14(10-17(21)24-19)5-6-22-20(18)26/h3-6,9-10,13H,7-8,11H2,1-2H3,(H,22,26)(H,23,24). The van der Waals surface area contributed by atoms with E-state index in [9.17, 15) is 4.79 Å². The molecule has 1 aliphatic heterocycles. The topological polar surface area (TPSA) is 70.2 Å². The molecule has 0 spiro atoms. The highest BCUT2D eigenvalue weighted by atomic mass is 35.5. The highest BCUT2D eigenvalue weighted by Gasteiger charge is 2.18. The molecule has 1 aliphatic rings. The molecule has 3 heterocycles. The number of aryl methyl sites for hydroxylation is 1. The number of aromatic nitrogens is 2. The molecule has 0 saturated carbocycles. The Labute approximate surface area is 162 Å². The smallest absolute Gasteiger partial charge is 0.259 e. The first-order chi connectivity index (χ1) is 13.0. The molecule has 140 valence electrons. The Hall–Kier alpha value is -2.57. The fourth-order valence-electron chi connectivity index (χ4n) is 3.53. The summed E-state index contributed by atoms with van der Waals surface area (Å²) in [5.74, 6) is 0.450. The van der Waals surface area contributed by atoms with E-state index in [4.69, 9.17) is 16.3 Å². The summed E-state index contributed by atoms with van der Waals surface area (Å²) in [4.78, 5) is 21.6. The number of hydrogen-bond donors (Lipinski definition) is 2. The second-order valence-electron chi connectivity index (χ2n) is 6.82. The van der Waals surface area contributed by atoms with Gasteiger partial charge in [-0.2, -0.15) is 0 Å². The molecule has 6 nitrogen and oxygen atoms in total. The van der Waals surface area contributed by atoms with Gasteiger partial charge in [0.2, 0.25) is 0 Å². The Balaban J connectivity index is 1.67. The molecule has 1 unspecified atom stereocenters. The maximum Gasteiger partial charge on any atom is 0.259 e. The lowest BCUT2D eigenvalue weighted by Gasteiger charge is -2.34. The molecule has 7 heteroatoms. The van der Waals surface area contributed by atoms with Crippen molar-refractivity contribution in [1.29, 1.82) is 0 Å². The number of fused-ring (bicyclic) bond motifs is 1. The Kier molecular flexibility index (Phi) is 4.76. The van der Waals surface area contributed by atoms with Crippen molar-refractivity contribution in [2.75, 3.05) is 29.9 Å². The van der Waals surface area contributed by atoms with Crippen LogP contribution < -0.4 is 15.8 Å². The predicted octanol–water partition coefficient (Wildman–Crippen LogP) is 3.85. The Bertz CT molecular complexity index is 1050. The zero-order chi connectivity index (χ0) is 19.0. The van der Waals surface area contributed by atoms with Gasteiger partial charge in [-0.25, -0.2) is 4.98 Å². The second-order valence-corrected chi connectivity index (χ2v) is 7.21. The lowest BCUT2D eigenvalue weighted by molar-refractivity contribution is 0.0532. The van der Waals surface area contributed by atoms with Crippen molar-refractivity contribution >= 4 is 39.6 Å². The van der Waals surface area contributed by atoms with Crippen LogP contribution in [-0.4, -0.2) is 35.8 Å². The van der Waals surface area contributed by atoms with Gasteiger partial charge in [0.25, 0.3) is 5.56 Å². The second kappa shape index (κ2) is 7.21. The van der Waals surface area contributed by atoms with Crippen LogP contribution in [0, 0.1) is 6.92 Å². The summed E-state index contributed by atoms with van der Waals surface area (Å²) in [6, 6.07) is 9.64. The Morgan fingerprint density at radius 1 is 1.33 bits per heavy atom. The first kappa shape index (κ1) is 17.8. The molecule has 0 radical (unpaired) electrons. The summed E-state index contributed by atoms with van der Waals surface area (Å²) in [6.45, 7) is 6.67. The number of aromatic amines is 1. The number of rotatable bonds is 3. The molecule has 1 aromatic carbocycles. The van der Waals surface area contributed by atoms with Crippen LogP contribution >= 0.6 is 11.6 Å². The van der Waals surface area contributed by atoms with Crippen molar-refractivity contribution < 1.29 is 4.74 Å². The van der Waals surface area contributed by atoms with Crippen molar-refractivity contribution in [2.24, 2.45) is 0 Å². The van der Waals surface area contributed by atoms with Crippen molar-refractivity contribution in [3.8, 4) is 0 Å². The maximum absolute atomic E-state index is 12.3. The summed E-state index contributed by atoms with van der Waals surface area (Å²) in [7, 11) is 0. The highest BCUT2D eigenvalue weighted by Crippen LogP contribution is 2.29. The molecule has 0 bridgehead atoms. The van der Waals surface area contributed by atoms with Crippen LogP contribution in [0.1, 0.15) is 12.5 Å². The molecule has 3 aromatic rings. The van der Waals surface area contributed by atoms with E-state index in [1.54, 1.807) is 12.3 Å². The summed E-state index contributed by atoms with van der Waals surface area (Å²) in [5, 5.41) is 4.83. The first-order valence-electron chi connectivity index (χ1n) is 8.93. The normalized spacial score (nSPS) is 17.3. The number of pyridine rings is 2. The molecule has 1 atom stereocenters. The van der Waals surface area contributed by atoms with Gasteiger partial charge in [0.15, 0.2) is 0 Å². The predicted molar refractivity (Wildman–Crippen MR) is 109 cm³/mol. The van der Waals surface area contributed by atoms with Crippen LogP contribution in [0.15, 0.2) is 41.3 Å². The minimum Gasteiger partial charge on any atom is -0.375 e. The number of benzene rings is 1. The molecule has 0 aliphatic carbocycles. The van der Waals surface area contributed by atoms with Crippen LogP contribution in [0.25, 0.3) is 10.8 Å². The van der Waals surface area contributed by atoms with Crippen LogP contribution in [0.5, 0.6) is 0 Å².